The highest BCUT2D eigenvalue weighted by Gasteiger charge is 2.13. The van der Waals surface area contributed by atoms with E-state index in [-0.39, 0.29) is 5.78 Å². The number of aryl methyl sites for hydroxylation is 2. The Balaban J connectivity index is 2.14. The van der Waals surface area contributed by atoms with Gasteiger partial charge in [0, 0.05) is 11.1 Å². The van der Waals surface area contributed by atoms with E-state index in [9.17, 15) is 4.79 Å². The molecule has 0 bridgehead atoms. The number of rotatable bonds is 3. The van der Waals surface area contributed by atoms with Crippen molar-refractivity contribution in [3.8, 4) is 0 Å². The van der Waals surface area contributed by atoms with Gasteiger partial charge in [0.25, 0.3) is 0 Å². The number of aromatic nitrogens is 1. The van der Waals surface area contributed by atoms with Crippen LogP contribution in [0.3, 0.4) is 0 Å². The third kappa shape index (κ3) is 2.59. The average molecular weight is 316 g/mol. The summed E-state index contributed by atoms with van der Waals surface area (Å²) in [5.74, 6) is 0.146. The van der Waals surface area contributed by atoms with Gasteiger partial charge in [0.05, 0.1) is 15.1 Å². The number of carbonyl (C=O) groups is 1. The summed E-state index contributed by atoms with van der Waals surface area (Å²) in [7, 11) is 0. The van der Waals surface area contributed by atoms with Crippen LogP contribution >= 0.6 is 38.6 Å². The molecule has 0 saturated heterocycles. The SMILES string of the molecule is Cc1csc(CC(=O)c2cc(C)c(Br)s2)n1. The monoisotopic (exact) mass is 315 g/mol. The van der Waals surface area contributed by atoms with Crippen LogP contribution in [0, 0.1) is 13.8 Å². The lowest BCUT2D eigenvalue weighted by atomic mass is 10.2. The quantitative estimate of drug-likeness (QED) is 0.801. The van der Waals surface area contributed by atoms with Crippen molar-refractivity contribution in [2.45, 2.75) is 20.3 Å². The van der Waals surface area contributed by atoms with E-state index in [1.54, 1.807) is 11.3 Å². The van der Waals surface area contributed by atoms with Crippen LogP contribution in [-0.2, 0) is 6.42 Å². The highest BCUT2D eigenvalue weighted by atomic mass is 79.9. The van der Waals surface area contributed by atoms with E-state index >= 15 is 0 Å². The molecule has 84 valence electrons. The van der Waals surface area contributed by atoms with Crippen molar-refractivity contribution in [2.24, 2.45) is 0 Å². The number of nitrogens with zero attached hydrogens (tertiary/aromatic N) is 1. The van der Waals surface area contributed by atoms with Gasteiger partial charge >= 0.3 is 0 Å². The molecule has 0 amide bonds. The minimum atomic E-state index is 0.146. The molecular weight excluding hydrogens is 306 g/mol. The maximum atomic E-state index is 11.9. The Kier molecular flexibility index (Phi) is 3.56. The van der Waals surface area contributed by atoms with Crippen molar-refractivity contribution in [1.82, 2.24) is 4.98 Å². The highest BCUT2D eigenvalue weighted by molar-refractivity contribution is 9.11. The first-order valence-corrected chi connectivity index (χ1v) is 7.25. The zero-order chi connectivity index (χ0) is 11.7. The zero-order valence-corrected chi connectivity index (χ0v) is 12.1. The second kappa shape index (κ2) is 4.77. The largest absolute Gasteiger partial charge is 0.293 e. The van der Waals surface area contributed by atoms with Crippen molar-refractivity contribution in [1.29, 1.82) is 0 Å². The molecule has 0 radical (unpaired) electrons. The van der Waals surface area contributed by atoms with Crippen LogP contribution in [0.5, 0.6) is 0 Å². The Bertz CT molecular complexity index is 510. The molecule has 0 atom stereocenters. The minimum Gasteiger partial charge on any atom is -0.293 e. The van der Waals surface area contributed by atoms with E-state index in [4.69, 9.17) is 0 Å². The third-order valence-corrected chi connectivity index (χ3v) is 5.25. The van der Waals surface area contributed by atoms with Crippen LogP contribution < -0.4 is 0 Å². The van der Waals surface area contributed by atoms with Gasteiger partial charge in [-0.25, -0.2) is 4.98 Å². The van der Waals surface area contributed by atoms with Crippen molar-refractivity contribution in [3.63, 3.8) is 0 Å². The maximum absolute atomic E-state index is 11.9. The molecule has 0 saturated carbocycles. The maximum Gasteiger partial charge on any atom is 0.179 e. The van der Waals surface area contributed by atoms with Crippen LogP contribution in [0.2, 0.25) is 0 Å². The fraction of sp³-hybridized carbons (Fsp3) is 0.273. The lowest BCUT2D eigenvalue weighted by Crippen LogP contribution is -2.00. The second-order valence-corrected chi connectivity index (χ2v) is 6.86. The molecule has 2 rings (SSSR count). The number of ketones is 1. The fourth-order valence-electron chi connectivity index (χ4n) is 1.31. The Morgan fingerprint density at radius 2 is 2.25 bits per heavy atom. The van der Waals surface area contributed by atoms with Gasteiger partial charge in [0.1, 0.15) is 5.01 Å². The van der Waals surface area contributed by atoms with Gasteiger partial charge in [0.15, 0.2) is 5.78 Å². The average Bonchev–Trinajstić information content (AvgIpc) is 2.75. The van der Waals surface area contributed by atoms with Crippen LogP contribution in [0.4, 0.5) is 0 Å². The summed E-state index contributed by atoms with van der Waals surface area (Å²) in [6.45, 7) is 3.93. The van der Waals surface area contributed by atoms with Gasteiger partial charge in [0.2, 0.25) is 0 Å². The molecule has 0 aliphatic carbocycles. The predicted octanol–water partition coefficient (Wildman–Crippen LogP) is 4.01. The molecule has 0 fully saturated rings. The van der Waals surface area contributed by atoms with Crippen molar-refractivity contribution in [3.05, 3.63) is 36.4 Å². The molecule has 2 heterocycles. The summed E-state index contributed by atoms with van der Waals surface area (Å²) >= 11 is 6.46. The standard InChI is InChI=1S/C11H10BrNOS2/c1-6-3-9(16-11(6)12)8(14)4-10-13-7(2)5-15-10/h3,5H,4H2,1-2H3. The van der Waals surface area contributed by atoms with E-state index in [0.717, 1.165) is 24.9 Å². The predicted molar refractivity (Wildman–Crippen MR) is 71.6 cm³/mol. The Labute approximate surface area is 110 Å². The summed E-state index contributed by atoms with van der Waals surface area (Å²) in [6.07, 6.45) is 0.408. The van der Waals surface area contributed by atoms with Crippen LogP contribution in [0.1, 0.15) is 25.9 Å². The van der Waals surface area contributed by atoms with Gasteiger partial charge in [-0.15, -0.1) is 22.7 Å². The first-order chi connectivity index (χ1) is 7.56. The van der Waals surface area contributed by atoms with E-state index in [0.29, 0.717) is 6.42 Å². The molecule has 2 aromatic heterocycles. The first kappa shape index (κ1) is 12.0. The topological polar surface area (TPSA) is 30.0 Å². The molecule has 0 aliphatic heterocycles. The number of halogens is 1. The molecule has 2 aromatic rings. The van der Waals surface area contributed by atoms with Gasteiger partial charge in [-0.05, 0) is 41.4 Å². The molecule has 0 aromatic carbocycles. The van der Waals surface area contributed by atoms with Crippen molar-refractivity contribution >= 4 is 44.4 Å². The van der Waals surface area contributed by atoms with E-state index in [1.807, 2.05) is 25.3 Å². The molecule has 5 heteroatoms. The molecule has 0 unspecified atom stereocenters. The Morgan fingerprint density at radius 1 is 1.50 bits per heavy atom. The van der Waals surface area contributed by atoms with E-state index < -0.39 is 0 Å². The first-order valence-electron chi connectivity index (χ1n) is 4.76. The van der Waals surface area contributed by atoms with Gasteiger partial charge in [-0.3, -0.25) is 4.79 Å². The lowest BCUT2D eigenvalue weighted by Gasteiger charge is -1.93. The number of Topliss-reactive ketones (excluding diaryl/α,β-unsaturated/α-hetero) is 1. The number of thiazole rings is 1. The molecule has 0 N–H and O–H groups in total. The normalized spacial score (nSPS) is 10.7. The van der Waals surface area contributed by atoms with E-state index in [1.165, 1.54) is 11.3 Å². The minimum absolute atomic E-state index is 0.146. The number of carbonyl (C=O) groups excluding carboxylic acids is 1. The Morgan fingerprint density at radius 3 is 2.75 bits per heavy atom. The molecule has 2 nitrogen and oxygen atoms in total. The van der Waals surface area contributed by atoms with Gasteiger partial charge in [-0.2, -0.15) is 0 Å². The van der Waals surface area contributed by atoms with Crippen molar-refractivity contribution in [2.75, 3.05) is 0 Å². The van der Waals surface area contributed by atoms with E-state index in [2.05, 4.69) is 20.9 Å². The molecule has 0 aliphatic rings. The number of hydrogen-bond donors (Lipinski definition) is 0. The number of hydrogen-bond acceptors (Lipinski definition) is 4. The fourth-order valence-corrected chi connectivity index (χ4v) is 3.55. The second-order valence-electron chi connectivity index (χ2n) is 3.55. The van der Waals surface area contributed by atoms with Gasteiger partial charge < -0.3 is 0 Å². The van der Waals surface area contributed by atoms with Crippen LogP contribution in [-0.4, -0.2) is 10.8 Å². The zero-order valence-electron chi connectivity index (χ0n) is 8.91. The molecule has 16 heavy (non-hydrogen) atoms. The summed E-state index contributed by atoms with van der Waals surface area (Å²) in [4.78, 5) is 17.0. The number of thiophene rings is 1. The van der Waals surface area contributed by atoms with Gasteiger partial charge in [-0.1, -0.05) is 0 Å². The highest BCUT2D eigenvalue weighted by Crippen LogP contribution is 2.28. The smallest absolute Gasteiger partial charge is 0.179 e. The summed E-state index contributed by atoms with van der Waals surface area (Å²) < 4.78 is 1.03. The molecular formula is C11H10BrNOS2. The summed E-state index contributed by atoms with van der Waals surface area (Å²) in [6, 6.07) is 1.93. The molecule has 0 spiro atoms. The lowest BCUT2D eigenvalue weighted by molar-refractivity contribution is 0.0996. The summed E-state index contributed by atoms with van der Waals surface area (Å²) in [5, 5.41) is 2.86. The van der Waals surface area contributed by atoms with Crippen LogP contribution in [0.15, 0.2) is 15.2 Å². The van der Waals surface area contributed by atoms with Crippen molar-refractivity contribution < 1.29 is 4.79 Å². The summed E-state index contributed by atoms with van der Waals surface area (Å²) in [5.41, 5.74) is 2.10. The van der Waals surface area contributed by atoms with Crippen LogP contribution in [0.25, 0.3) is 0 Å². The Hall–Kier alpha value is -0.520. The third-order valence-electron chi connectivity index (χ3n) is 2.11.